The molecule has 1 nitrogen and oxygen atoms in total. The van der Waals surface area contributed by atoms with Crippen molar-refractivity contribution in [2.45, 2.75) is 32.1 Å². The summed E-state index contributed by atoms with van der Waals surface area (Å²) in [5.74, 6) is 0.673. The molecule has 1 heterocycles. The van der Waals surface area contributed by atoms with Gasteiger partial charge in [0.1, 0.15) is 0 Å². The summed E-state index contributed by atoms with van der Waals surface area (Å²) >= 11 is 12.9. The summed E-state index contributed by atoms with van der Waals surface area (Å²) in [6.07, 6.45) is 4.86. The first-order valence-corrected chi connectivity index (χ1v) is 13.0. The van der Waals surface area contributed by atoms with Crippen LogP contribution in [0.25, 0.3) is 11.1 Å². The first kappa shape index (κ1) is 23.6. The molecular weight excluding hydrogens is 464 g/mol. The fourth-order valence-corrected chi connectivity index (χ4v) is 5.99. The molecule has 0 N–H and O–H groups in total. The highest BCUT2D eigenvalue weighted by molar-refractivity contribution is 6.36. The number of rotatable bonds is 7. The van der Waals surface area contributed by atoms with Crippen molar-refractivity contribution in [3.8, 4) is 0 Å². The summed E-state index contributed by atoms with van der Waals surface area (Å²) in [6, 6.07) is 23.7. The summed E-state index contributed by atoms with van der Waals surface area (Å²) in [5, 5.41) is 1.37. The first-order valence-electron chi connectivity index (χ1n) is 12.3. The van der Waals surface area contributed by atoms with E-state index in [4.69, 9.17) is 23.2 Å². The van der Waals surface area contributed by atoms with Crippen LogP contribution in [0, 0.1) is 5.92 Å². The zero-order valence-corrected chi connectivity index (χ0v) is 20.9. The fraction of sp³-hybridized carbons (Fsp3) is 0.333. The average Bonchev–Trinajstić information content (AvgIpc) is 3.00. The van der Waals surface area contributed by atoms with E-state index in [1.165, 1.54) is 33.4 Å². The van der Waals surface area contributed by atoms with E-state index >= 15 is 0 Å². The van der Waals surface area contributed by atoms with Crippen molar-refractivity contribution in [2.24, 2.45) is 5.92 Å². The molecule has 4 heteroatoms. The van der Waals surface area contributed by atoms with E-state index in [1.54, 1.807) is 0 Å². The van der Waals surface area contributed by atoms with Gasteiger partial charge in [-0.05, 0) is 89.1 Å². The summed E-state index contributed by atoms with van der Waals surface area (Å²) < 4.78 is 12.4. The van der Waals surface area contributed by atoms with Gasteiger partial charge >= 0.3 is 0 Å². The number of hydrogen-bond donors (Lipinski definition) is 0. The molecule has 0 amide bonds. The van der Waals surface area contributed by atoms with Crippen molar-refractivity contribution >= 4 is 34.3 Å². The number of fused-ring (bicyclic) bond motifs is 1. The number of alkyl halides is 1. The fourth-order valence-electron chi connectivity index (χ4n) is 5.47. The Bertz CT molecular complexity index is 1180. The molecule has 5 rings (SSSR count). The molecule has 0 unspecified atom stereocenters. The molecule has 1 saturated heterocycles. The lowest BCUT2D eigenvalue weighted by Crippen LogP contribution is -2.47. The van der Waals surface area contributed by atoms with Crippen LogP contribution in [0.3, 0.4) is 0 Å². The highest BCUT2D eigenvalue weighted by Crippen LogP contribution is 2.42. The lowest BCUT2D eigenvalue weighted by Gasteiger charge is -2.39. The number of likely N-dealkylation sites (tertiary alicyclic amines) is 1. The second-order valence-corrected chi connectivity index (χ2v) is 10.4. The van der Waals surface area contributed by atoms with E-state index in [2.05, 4.69) is 59.5 Å². The minimum absolute atomic E-state index is 0.217. The van der Waals surface area contributed by atoms with E-state index in [-0.39, 0.29) is 6.67 Å². The Morgan fingerprint density at radius 2 is 1.68 bits per heavy atom. The molecule has 34 heavy (non-hydrogen) atoms. The summed E-state index contributed by atoms with van der Waals surface area (Å²) in [6.45, 7) is 2.83. The van der Waals surface area contributed by atoms with Crippen LogP contribution in [-0.4, -0.2) is 31.2 Å². The third-order valence-corrected chi connectivity index (χ3v) is 7.67. The second kappa shape index (κ2) is 10.6. The molecule has 2 aliphatic rings. The lowest BCUT2D eigenvalue weighted by atomic mass is 9.86. The van der Waals surface area contributed by atoms with Gasteiger partial charge in [0.05, 0.1) is 6.67 Å². The smallest absolute Gasteiger partial charge is 0.0906 e. The van der Waals surface area contributed by atoms with Gasteiger partial charge in [0.25, 0.3) is 0 Å². The van der Waals surface area contributed by atoms with Gasteiger partial charge < -0.3 is 4.90 Å². The van der Waals surface area contributed by atoms with E-state index in [0.717, 1.165) is 50.9 Å². The standard InChI is InChI=1S/C30H30Cl2FN/c31-25-13-14-27(29(32)18-25)28-8-3-6-23-5-1-2-7-26(23)30(28)24-11-9-21(10-12-24)17-22-19-34(20-22)16-4-15-33/h1-2,5,7,9-14,18,22H,3-4,6,8,15-17,19-20H2. The maximum absolute atomic E-state index is 12.4. The molecule has 0 bridgehead atoms. The summed E-state index contributed by atoms with van der Waals surface area (Å²) in [5.41, 5.74) is 8.95. The Morgan fingerprint density at radius 3 is 2.44 bits per heavy atom. The van der Waals surface area contributed by atoms with Crippen molar-refractivity contribution in [1.82, 2.24) is 4.90 Å². The molecular formula is C30H30Cl2FN. The number of hydrogen-bond acceptors (Lipinski definition) is 1. The highest BCUT2D eigenvalue weighted by Gasteiger charge is 2.26. The normalized spacial score (nSPS) is 16.8. The zero-order chi connectivity index (χ0) is 23.5. The van der Waals surface area contributed by atoms with E-state index in [0.29, 0.717) is 22.4 Å². The molecule has 1 fully saturated rings. The minimum Gasteiger partial charge on any atom is -0.303 e. The molecule has 1 aliphatic heterocycles. The minimum atomic E-state index is -0.217. The molecule has 1 aliphatic carbocycles. The van der Waals surface area contributed by atoms with Gasteiger partial charge in [0, 0.05) is 29.7 Å². The van der Waals surface area contributed by atoms with Crippen molar-refractivity contribution < 1.29 is 4.39 Å². The molecule has 3 aromatic carbocycles. The largest absolute Gasteiger partial charge is 0.303 e. The Morgan fingerprint density at radius 1 is 0.882 bits per heavy atom. The molecule has 0 saturated carbocycles. The summed E-state index contributed by atoms with van der Waals surface area (Å²) in [7, 11) is 0. The monoisotopic (exact) mass is 493 g/mol. The predicted molar refractivity (Wildman–Crippen MR) is 142 cm³/mol. The Balaban J connectivity index is 1.47. The van der Waals surface area contributed by atoms with Gasteiger partial charge in [0.2, 0.25) is 0 Å². The van der Waals surface area contributed by atoms with Crippen molar-refractivity contribution in [3.63, 3.8) is 0 Å². The Labute approximate surface area is 212 Å². The van der Waals surface area contributed by atoms with Crippen LogP contribution in [0.5, 0.6) is 0 Å². The van der Waals surface area contributed by atoms with Gasteiger partial charge in [-0.2, -0.15) is 0 Å². The van der Waals surface area contributed by atoms with Crippen molar-refractivity contribution in [1.29, 1.82) is 0 Å². The van der Waals surface area contributed by atoms with Gasteiger partial charge in [0.15, 0.2) is 0 Å². The van der Waals surface area contributed by atoms with Crippen LogP contribution in [0.2, 0.25) is 10.0 Å². The van der Waals surface area contributed by atoms with E-state index in [1.807, 2.05) is 12.1 Å². The van der Waals surface area contributed by atoms with Crippen LogP contribution in [0.1, 0.15) is 47.1 Å². The number of halogens is 3. The lowest BCUT2D eigenvalue weighted by molar-refractivity contribution is 0.0968. The number of allylic oxidation sites excluding steroid dienone is 1. The maximum Gasteiger partial charge on any atom is 0.0906 e. The average molecular weight is 494 g/mol. The van der Waals surface area contributed by atoms with Crippen LogP contribution >= 0.6 is 23.2 Å². The third-order valence-electron chi connectivity index (χ3n) is 7.13. The maximum atomic E-state index is 12.4. The van der Waals surface area contributed by atoms with Crippen molar-refractivity contribution in [2.75, 3.05) is 26.3 Å². The topological polar surface area (TPSA) is 3.24 Å². The van der Waals surface area contributed by atoms with Crippen LogP contribution in [0.15, 0.2) is 66.7 Å². The Hall–Kier alpha value is -2.13. The van der Waals surface area contributed by atoms with E-state index < -0.39 is 0 Å². The number of benzene rings is 3. The SMILES string of the molecule is FCCCN1CC(Cc2ccc(C3=C(c4ccc(Cl)cc4Cl)CCCc4ccccc43)cc2)C1. The predicted octanol–water partition coefficient (Wildman–Crippen LogP) is 8.12. The second-order valence-electron chi connectivity index (χ2n) is 9.56. The molecule has 0 spiro atoms. The highest BCUT2D eigenvalue weighted by atomic mass is 35.5. The molecule has 176 valence electrons. The quantitative estimate of drug-likeness (QED) is 0.321. The van der Waals surface area contributed by atoms with Crippen molar-refractivity contribution in [3.05, 3.63) is 105 Å². The molecule has 0 atom stereocenters. The van der Waals surface area contributed by atoms with Crippen LogP contribution in [-0.2, 0) is 12.8 Å². The molecule has 3 aromatic rings. The number of aryl methyl sites for hydroxylation is 1. The summed E-state index contributed by atoms with van der Waals surface area (Å²) in [4.78, 5) is 2.36. The molecule has 0 radical (unpaired) electrons. The number of nitrogens with zero attached hydrogens (tertiary/aromatic N) is 1. The molecule has 0 aromatic heterocycles. The van der Waals surface area contributed by atoms with Crippen LogP contribution in [0.4, 0.5) is 4.39 Å². The van der Waals surface area contributed by atoms with E-state index in [9.17, 15) is 4.39 Å². The Kier molecular flexibility index (Phi) is 7.39. The zero-order valence-electron chi connectivity index (χ0n) is 19.4. The van der Waals surface area contributed by atoms with Gasteiger partial charge in [-0.3, -0.25) is 4.39 Å². The van der Waals surface area contributed by atoms with Crippen LogP contribution < -0.4 is 0 Å². The first-order chi connectivity index (χ1) is 16.6. The van der Waals surface area contributed by atoms with Gasteiger partial charge in [-0.25, -0.2) is 0 Å². The van der Waals surface area contributed by atoms with Gasteiger partial charge in [-0.1, -0.05) is 77.8 Å². The van der Waals surface area contributed by atoms with Gasteiger partial charge in [-0.15, -0.1) is 0 Å². The third kappa shape index (κ3) is 5.10.